The third-order valence-electron chi connectivity index (χ3n) is 4.91. The summed E-state index contributed by atoms with van der Waals surface area (Å²) in [4.78, 5) is 14.8. The number of anilines is 1. The van der Waals surface area contributed by atoms with Gasteiger partial charge in [0.05, 0.1) is 0 Å². The molecule has 0 aromatic heterocycles. The van der Waals surface area contributed by atoms with Crippen molar-refractivity contribution in [3.05, 3.63) is 64.7 Å². The van der Waals surface area contributed by atoms with Crippen LogP contribution in [0.3, 0.4) is 0 Å². The maximum absolute atomic E-state index is 12.9. The van der Waals surface area contributed by atoms with Crippen LogP contribution in [0.5, 0.6) is 0 Å². The van der Waals surface area contributed by atoms with Crippen molar-refractivity contribution in [2.45, 2.75) is 66.3 Å². The van der Waals surface area contributed by atoms with Crippen LogP contribution in [0.2, 0.25) is 0 Å². The number of urea groups is 1. The van der Waals surface area contributed by atoms with E-state index < -0.39 is 0 Å². The standard InChI is InChI=1S/C24H34N2O/c1-5-7-9-21-11-13-22(14-12-21)18-26(16-8-6-2)24(27)25-23-15-10-19(3)17-20(23)4/h10-15,17H,5-9,16,18H2,1-4H3,(H,25,27). The van der Waals surface area contributed by atoms with Gasteiger partial charge in [0, 0.05) is 18.8 Å². The van der Waals surface area contributed by atoms with E-state index in [4.69, 9.17) is 0 Å². The van der Waals surface area contributed by atoms with Crippen molar-refractivity contribution in [2.75, 3.05) is 11.9 Å². The van der Waals surface area contributed by atoms with E-state index in [0.717, 1.165) is 37.1 Å². The van der Waals surface area contributed by atoms with E-state index in [1.807, 2.05) is 24.0 Å². The van der Waals surface area contributed by atoms with Crippen LogP contribution >= 0.6 is 0 Å². The average Bonchev–Trinajstić information content (AvgIpc) is 2.66. The normalized spacial score (nSPS) is 10.7. The molecule has 0 unspecified atom stereocenters. The lowest BCUT2D eigenvalue weighted by molar-refractivity contribution is 0.208. The lowest BCUT2D eigenvalue weighted by Gasteiger charge is -2.24. The van der Waals surface area contributed by atoms with Crippen LogP contribution in [-0.4, -0.2) is 17.5 Å². The number of unbranched alkanes of at least 4 members (excludes halogenated alkanes) is 2. The van der Waals surface area contributed by atoms with Crippen LogP contribution in [0, 0.1) is 13.8 Å². The first-order valence-corrected chi connectivity index (χ1v) is 10.2. The van der Waals surface area contributed by atoms with E-state index in [2.05, 4.69) is 56.4 Å². The summed E-state index contributed by atoms with van der Waals surface area (Å²) in [5.74, 6) is 0. The van der Waals surface area contributed by atoms with E-state index in [-0.39, 0.29) is 6.03 Å². The molecule has 0 saturated carbocycles. The largest absolute Gasteiger partial charge is 0.322 e. The van der Waals surface area contributed by atoms with Crippen molar-refractivity contribution >= 4 is 11.7 Å². The summed E-state index contributed by atoms with van der Waals surface area (Å²) in [5.41, 5.74) is 5.75. The Morgan fingerprint density at radius 1 is 0.926 bits per heavy atom. The first kappa shape index (κ1) is 21.0. The molecule has 3 heteroatoms. The Morgan fingerprint density at radius 3 is 2.22 bits per heavy atom. The smallest absolute Gasteiger partial charge is 0.320 e. The Bertz CT molecular complexity index is 722. The van der Waals surface area contributed by atoms with Crippen LogP contribution < -0.4 is 5.32 Å². The Labute approximate surface area is 164 Å². The molecule has 0 atom stereocenters. The molecule has 2 aromatic rings. The van der Waals surface area contributed by atoms with Crippen molar-refractivity contribution in [1.29, 1.82) is 0 Å². The number of hydrogen-bond acceptors (Lipinski definition) is 1. The number of amides is 2. The van der Waals surface area contributed by atoms with Crippen LogP contribution in [-0.2, 0) is 13.0 Å². The van der Waals surface area contributed by atoms with Crippen molar-refractivity contribution in [3.8, 4) is 0 Å². The molecule has 0 saturated heterocycles. The molecule has 0 aliphatic heterocycles. The van der Waals surface area contributed by atoms with E-state index >= 15 is 0 Å². The molecule has 0 heterocycles. The third kappa shape index (κ3) is 6.74. The summed E-state index contributed by atoms with van der Waals surface area (Å²) in [7, 11) is 0. The van der Waals surface area contributed by atoms with E-state index in [1.165, 1.54) is 29.5 Å². The monoisotopic (exact) mass is 366 g/mol. The second-order valence-electron chi connectivity index (χ2n) is 7.44. The minimum Gasteiger partial charge on any atom is -0.320 e. The summed E-state index contributed by atoms with van der Waals surface area (Å²) in [5, 5.41) is 3.09. The van der Waals surface area contributed by atoms with Gasteiger partial charge in [-0.15, -0.1) is 0 Å². The molecular formula is C24H34N2O. The summed E-state index contributed by atoms with van der Waals surface area (Å²) in [6.45, 7) is 9.89. The van der Waals surface area contributed by atoms with Crippen molar-refractivity contribution in [2.24, 2.45) is 0 Å². The van der Waals surface area contributed by atoms with Gasteiger partial charge in [-0.3, -0.25) is 0 Å². The number of aryl methyl sites for hydroxylation is 3. The molecule has 2 amide bonds. The zero-order chi connectivity index (χ0) is 19.6. The molecule has 0 spiro atoms. The molecule has 1 N–H and O–H groups in total. The Morgan fingerprint density at radius 2 is 1.59 bits per heavy atom. The highest BCUT2D eigenvalue weighted by Gasteiger charge is 2.15. The maximum atomic E-state index is 12.9. The van der Waals surface area contributed by atoms with Gasteiger partial charge >= 0.3 is 6.03 Å². The summed E-state index contributed by atoms with van der Waals surface area (Å²) in [6, 6.07) is 14.8. The molecule has 0 aliphatic carbocycles. The molecule has 0 aliphatic rings. The Kier molecular flexibility index (Phi) is 8.38. The van der Waals surface area contributed by atoms with Gasteiger partial charge in [-0.25, -0.2) is 4.79 Å². The quantitative estimate of drug-likeness (QED) is 0.541. The number of rotatable bonds is 9. The van der Waals surface area contributed by atoms with Gasteiger partial charge in [0.1, 0.15) is 0 Å². The van der Waals surface area contributed by atoms with E-state index in [9.17, 15) is 4.79 Å². The van der Waals surface area contributed by atoms with Gasteiger partial charge < -0.3 is 10.2 Å². The summed E-state index contributed by atoms with van der Waals surface area (Å²) >= 11 is 0. The summed E-state index contributed by atoms with van der Waals surface area (Å²) < 4.78 is 0. The van der Waals surface area contributed by atoms with Crippen LogP contribution in [0.25, 0.3) is 0 Å². The molecule has 0 radical (unpaired) electrons. The average molecular weight is 367 g/mol. The lowest BCUT2D eigenvalue weighted by atomic mass is 10.1. The molecule has 2 rings (SSSR count). The fourth-order valence-electron chi connectivity index (χ4n) is 3.16. The Hall–Kier alpha value is -2.29. The first-order valence-electron chi connectivity index (χ1n) is 10.2. The molecule has 0 fully saturated rings. The van der Waals surface area contributed by atoms with E-state index in [0.29, 0.717) is 6.54 Å². The minimum absolute atomic E-state index is 0.0227. The number of benzene rings is 2. The SMILES string of the molecule is CCCCc1ccc(CN(CCCC)C(=O)Nc2ccc(C)cc2C)cc1. The predicted molar refractivity (Wildman–Crippen MR) is 115 cm³/mol. The number of hydrogen-bond donors (Lipinski definition) is 1. The lowest BCUT2D eigenvalue weighted by Crippen LogP contribution is -2.35. The second-order valence-corrected chi connectivity index (χ2v) is 7.44. The maximum Gasteiger partial charge on any atom is 0.322 e. The van der Waals surface area contributed by atoms with Gasteiger partial charge in [0.25, 0.3) is 0 Å². The molecule has 146 valence electrons. The zero-order valence-electron chi connectivity index (χ0n) is 17.3. The molecule has 0 bridgehead atoms. The number of carbonyl (C=O) groups excluding carboxylic acids is 1. The fraction of sp³-hybridized carbons (Fsp3) is 0.458. The Balaban J connectivity index is 2.05. The first-order chi connectivity index (χ1) is 13.0. The summed E-state index contributed by atoms with van der Waals surface area (Å²) in [6.07, 6.45) is 5.65. The van der Waals surface area contributed by atoms with Gasteiger partial charge in [-0.1, -0.05) is 68.7 Å². The highest BCUT2D eigenvalue weighted by atomic mass is 16.2. The van der Waals surface area contributed by atoms with Crippen LogP contribution in [0.1, 0.15) is 61.8 Å². The number of nitrogens with one attached hydrogen (secondary N) is 1. The van der Waals surface area contributed by atoms with Crippen molar-refractivity contribution in [3.63, 3.8) is 0 Å². The highest BCUT2D eigenvalue weighted by molar-refractivity contribution is 5.90. The minimum atomic E-state index is -0.0227. The van der Waals surface area contributed by atoms with Crippen molar-refractivity contribution in [1.82, 2.24) is 4.90 Å². The second kappa shape index (κ2) is 10.8. The van der Waals surface area contributed by atoms with Gasteiger partial charge in [-0.05, 0) is 55.9 Å². The fourth-order valence-corrected chi connectivity index (χ4v) is 3.16. The van der Waals surface area contributed by atoms with Gasteiger partial charge in [0.2, 0.25) is 0 Å². The van der Waals surface area contributed by atoms with Gasteiger partial charge in [-0.2, -0.15) is 0 Å². The number of carbonyl (C=O) groups is 1. The zero-order valence-corrected chi connectivity index (χ0v) is 17.3. The third-order valence-corrected chi connectivity index (χ3v) is 4.91. The highest BCUT2D eigenvalue weighted by Crippen LogP contribution is 2.18. The number of nitrogens with zero attached hydrogens (tertiary/aromatic N) is 1. The predicted octanol–water partition coefficient (Wildman–Crippen LogP) is 6.48. The van der Waals surface area contributed by atoms with Crippen molar-refractivity contribution < 1.29 is 4.79 Å². The van der Waals surface area contributed by atoms with E-state index in [1.54, 1.807) is 0 Å². The van der Waals surface area contributed by atoms with Crippen LogP contribution in [0.4, 0.5) is 10.5 Å². The molecule has 27 heavy (non-hydrogen) atoms. The molecular weight excluding hydrogens is 332 g/mol. The molecule has 3 nitrogen and oxygen atoms in total. The van der Waals surface area contributed by atoms with Gasteiger partial charge in [0.15, 0.2) is 0 Å². The molecule has 2 aromatic carbocycles. The topological polar surface area (TPSA) is 32.3 Å². The van der Waals surface area contributed by atoms with Crippen LogP contribution in [0.15, 0.2) is 42.5 Å².